The van der Waals surface area contributed by atoms with Crippen LogP contribution in [0.2, 0.25) is 0 Å². The van der Waals surface area contributed by atoms with Gasteiger partial charge in [0.05, 0.1) is 25.7 Å². The van der Waals surface area contributed by atoms with Gasteiger partial charge in [0.1, 0.15) is 10.8 Å². The number of ether oxygens (including phenoxy) is 1. The number of fused-ring (bicyclic) bond motifs is 3. The summed E-state index contributed by atoms with van der Waals surface area (Å²) in [4.78, 5) is 33.5. The van der Waals surface area contributed by atoms with E-state index in [0.29, 0.717) is 30.9 Å². The molecule has 2 aliphatic heterocycles. The van der Waals surface area contributed by atoms with Crippen LogP contribution in [0.5, 0.6) is 5.75 Å². The molecule has 3 aromatic rings. The molecule has 0 spiro atoms. The van der Waals surface area contributed by atoms with E-state index >= 15 is 0 Å². The molecule has 4 heterocycles. The average Bonchev–Trinajstić information content (AvgIpc) is 3.59. The summed E-state index contributed by atoms with van der Waals surface area (Å²) in [5.74, 6) is 0.293. The Morgan fingerprint density at radius 3 is 2.89 bits per heavy atom. The second-order valence-corrected chi connectivity index (χ2v) is 10.1. The smallest absolute Gasteiger partial charge is 0.258 e. The number of thiazole rings is 1. The minimum Gasteiger partial charge on any atom is -0.497 e. The van der Waals surface area contributed by atoms with E-state index in [1.165, 1.54) is 0 Å². The van der Waals surface area contributed by atoms with E-state index in [1.807, 2.05) is 53.3 Å². The monoisotopic (exact) mass is 494 g/mol. The zero-order valence-electron chi connectivity index (χ0n) is 19.9. The quantitative estimate of drug-likeness (QED) is 0.500. The number of likely N-dealkylation sites (tertiary alicyclic amines) is 1. The van der Waals surface area contributed by atoms with Gasteiger partial charge in [0.15, 0.2) is 0 Å². The molecule has 35 heavy (non-hydrogen) atoms. The number of carbonyl (C=O) groups excluding carboxylic acids is 1. The molecule has 1 fully saturated rings. The predicted octanol–water partition coefficient (Wildman–Crippen LogP) is 2.67. The summed E-state index contributed by atoms with van der Waals surface area (Å²) in [6, 6.07) is 10.7. The van der Waals surface area contributed by atoms with Crippen LogP contribution in [-0.2, 0) is 17.9 Å². The summed E-state index contributed by atoms with van der Waals surface area (Å²) >= 11 is 1.54. The first kappa shape index (κ1) is 23.7. The summed E-state index contributed by atoms with van der Waals surface area (Å²) in [5.41, 5.74) is 2.23. The van der Waals surface area contributed by atoms with Crippen molar-refractivity contribution < 1.29 is 14.6 Å². The van der Waals surface area contributed by atoms with Gasteiger partial charge >= 0.3 is 0 Å². The lowest BCUT2D eigenvalue weighted by molar-refractivity contribution is -0.128. The Bertz CT molecular complexity index is 1260. The fraction of sp³-hybridized carbons (Fsp3) is 0.423. The number of aliphatic hydroxyl groups is 1. The fourth-order valence-corrected chi connectivity index (χ4v) is 6.26. The average molecular weight is 495 g/mol. The highest BCUT2D eigenvalue weighted by Crippen LogP contribution is 2.50. The molecule has 0 unspecified atom stereocenters. The van der Waals surface area contributed by atoms with Gasteiger partial charge in [-0.15, -0.1) is 11.3 Å². The largest absolute Gasteiger partial charge is 0.497 e. The van der Waals surface area contributed by atoms with Gasteiger partial charge in [-0.25, -0.2) is 4.98 Å². The van der Waals surface area contributed by atoms with Crippen LogP contribution in [0.4, 0.5) is 0 Å². The van der Waals surface area contributed by atoms with Gasteiger partial charge in [0.2, 0.25) is 5.91 Å². The summed E-state index contributed by atoms with van der Waals surface area (Å²) in [5, 5.41) is 16.3. The van der Waals surface area contributed by atoms with Crippen LogP contribution in [0, 0.1) is 11.8 Å². The number of nitrogens with one attached hydrogen (secondary N) is 1. The van der Waals surface area contributed by atoms with Crippen molar-refractivity contribution in [3.63, 3.8) is 0 Å². The van der Waals surface area contributed by atoms with Gasteiger partial charge < -0.3 is 19.7 Å². The van der Waals surface area contributed by atoms with Crippen molar-refractivity contribution >= 4 is 17.2 Å². The molecule has 0 bridgehead atoms. The molecule has 8 nitrogen and oxygen atoms in total. The number of carbonyl (C=O) groups is 1. The molecule has 1 saturated heterocycles. The Labute approximate surface area is 208 Å². The topological polar surface area (TPSA) is 96.7 Å². The van der Waals surface area contributed by atoms with Crippen molar-refractivity contribution in [3.8, 4) is 16.9 Å². The highest BCUT2D eigenvalue weighted by atomic mass is 32.1. The molecule has 5 rings (SSSR count). The number of hydrogen-bond acceptors (Lipinski definition) is 7. The minimum atomic E-state index is -0.479. The SMILES string of the molecule is CCCNC(=O)[C@@H]1[C@@H](CO)[C@@H]2Cn3c(ccc(-c4cccc(OC)c4)c3=O)[C@@H]2N1Cc1nccs1. The lowest BCUT2D eigenvalue weighted by Crippen LogP contribution is -2.48. The van der Waals surface area contributed by atoms with E-state index in [2.05, 4.69) is 15.2 Å². The number of benzene rings is 1. The van der Waals surface area contributed by atoms with Crippen LogP contribution >= 0.6 is 11.3 Å². The van der Waals surface area contributed by atoms with E-state index in [0.717, 1.165) is 22.7 Å². The van der Waals surface area contributed by atoms with Gasteiger partial charge in [0.25, 0.3) is 5.56 Å². The van der Waals surface area contributed by atoms with Crippen LogP contribution in [0.3, 0.4) is 0 Å². The van der Waals surface area contributed by atoms with E-state index in [9.17, 15) is 14.7 Å². The molecule has 9 heteroatoms. The lowest BCUT2D eigenvalue weighted by Gasteiger charge is -2.30. The first-order chi connectivity index (χ1) is 17.1. The Morgan fingerprint density at radius 2 is 2.17 bits per heavy atom. The standard InChI is InChI=1S/C26H30N4O4S/c1-3-9-28-25(32)24-20(15-31)19-13-29-21(23(19)30(24)14-22-27-10-11-35-22)8-7-18(26(29)33)16-5-4-6-17(12-16)34-2/h4-8,10-12,19-20,23-24,31H,3,9,13-15H2,1-2H3,(H,28,32)/t19-,20-,23+,24-/m0/s1. The van der Waals surface area contributed by atoms with Crippen LogP contribution in [-0.4, -0.2) is 51.8 Å². The molecule has 0 radical (unpaired) electrons. The maximum absolute atomic E-state index is 13.6. The Balaban J connectivity index is 1.56. The maximum atomic E-state index is 13.6. The third-order valence-corrected chi connectivity index (χ3v) is 7.96. The van der Waals surface area contributed by atoms with Gasteiger partial charge in [0, 0.05) is 54.4 Å². The molecular weight excluding hydrogens is 464 g/mol. The van der Waals surface area contributed by atoms with Crippen LogP contribution < -0.4 is 15.6 Å². The summed E-state index contributed by atoms with van der Waals surface area (Å²) in [6.45, 7) is 3.45. The van der Waals surface area contributed by atoms with Crippen LogP contribution in [0.25, 0.3) is 11.1 Å². The van der Waals surface area contributed by atoms with Crippen molar-refractivity contribution in [1.29, 1.82) is 0 Å². The number of nitrogens with zero attached hydrogens (tertiary/aromatic N) is 3. The summed E-state index contributed by atoms with van der Waals surface area (Å²) in [7, 11) is 1.61. The third kappa shape index (κ3) is 4.17. The number of aromatic nitrogens is 2. The second kappa shape index (κ2) is 9.93. The molecular formula is C26H30N4O4S. The number of hydrogen-bond donors (Lipinski definition) is 2. The third-order valence-electron chi connectivity index (χ3n) is 7.19. The number of amides is 1. The first-order valence-electron chi connectivity index (χ1n) is 12.0. The highest BCUT2D eigenvalue weighted by molar-refractivity contribution is 7.09. The van der Waals surface area contributed by atoms with Crippen molar-refractivity contribution in [3.05, 3.63) is 69.0 Å². The van der Waals surface area contributed by atoms with Crippen molar-refractivity contribution in [1.82, 2.24) is 19.8 Å². The van der Waals surface area contributed by atoms with Gasteiger partial charge in [-0.05, 0) is 36.2 Å². The van der Waals surface area contributed by atoms with Gasteiger partial charge in [-0.3, -0.25) is 14.5 Å². The fourth-order valence-electron chi connectivity index (χ4n) is 5.63. The zero-order valence-corrected chi connectivity index (χ0v) is 20.7. The molecule has 0 aliphatic carbocycles. The molecule has 1 amide bonds. The normalized spacial score (nSPS) is 23.2. The molecule has 2 N–H and O–H groups in total. The van der Waals surface area contributed by atoms with Crippen LogP contribution in [0.1, 0.15) is 30.1 Å². The predicted molar refractivity (Wildman–Crippen MR) is 134 cm³/mol. The van der Waals surface area contributed by atoms with Gasteiger partial charge in [-0.2, -0.15) is 0 Å². The molecule has 184 valence electrons. The van der Waals surface area contributed by atoms with Crippen molar-refractivity contribution in [2.75, 3.05) is 20.3 Å². The van der Waals surface area contributed by atoms with E-state index in [1.54, 1.807) is 24.6 Å². The second-order valence-electron chi connectivity index (χ2n) is 9.11. The lowest BCUT2D eigenvalue weighted by atomic mass is 9.88. The summed E-state index contributed by atoms with van der Waals surface area (Å²) in [6.07, 6.45) is 2.60. The number of methoxy groups -OCH3 is 1. The molecule has 2 aromatic heterocycles. The molecule has 4 atom stereocenters. The van der Waals surface area contributed by atoms with Crippen LogP contribution in [0.15, 0.2) is 52.8 Å². The van der Waals surface area contributed by atoms with Crippen molar-refractivity contribution in [2.45, 2.75) is 38.5 Å². The molecule has 2 aliphatic rings. The highest BCUT2D eigenvalue weighted by Gasteiger charge is 2.55. The zero-order chi connectivity index (χ0) is 24.5. The van der Waals surface area contributed by atoms with E-state index in [-0.39, 0.29) is 36.0 Å². The minimum absolute atomic E-state index is 0.0504. The number of aliphatic hydroxyl groups excluding tert-OH is 1. The number of rotatable bonds is 8. The van der Waals surface area contributed by atoms with E-state index < -0.39 is 6.04 Å². The maximum Gasteiger partial charge on any atom is 0.258 e. The molecule has 1 aromatic carbocycles. The number of pyridine rings is 1. The Morgan fingerprint density at radius 1 is 1.31 bits per heavy atom. The van der Waals surface area contributed by atoms with E-state index in [4.69, 9.17) is 4.74 Å². The first-order valence-corrected chi connectivity index (χ1v) is 12.9. The Kier molecular flexibility index (Phi) is 6.73. The van der Waals surface area contributed by atoms with Gasteiger partial charge in [-0.1, -0.05) is 19.1 Å². The Hall–Kier alpha value is -3.01. The molecule has 0 saturated carbocycles. The summed E-state index contributed by atoms with van der Waals surface area (Å²) < 4.78 is 7.16. The van der Waals surface area contributed by atoms with Crippen molar-refractivity contribution in [2.24, 2.45) is 11.8 Å².